The van der Waals surface area contributed by atoms with Gasteiger partial charge in [0.05, 0.1) is 12.1 Å². The summed E-state index contributed by atoms with van der Waals surface area (Å²) in [5.74, 6) is -0.471. The summed E-state index contributed by atoms with van der Waals surface area (Å²) in [5, 5.41) is 8.33. The van der Waals surface area contributed by atoms with Crippen molar-refractivity contribution in [1.82, 2.24) is 4.98 Å². The van der Waals surface area contributed by atoms with Crippen LogP contribution in [0.15, 0.2) is 60.0 Å². The Hall–Kier alpha value is -2.96. The van der Waals surface area contributed by atoms with E-state index in [0.717, 1.165) is 11.1 Å². The number of hydrogen-bond acceptors (Lipinski definition) is 4. The molecule has 0 aliphatic carbocycles. The zero-order valence-corrected chi connectivity index (χ0v) is 16.7. The fraction of sp³-hybridized carbons (Fsp3) is 0.0952. The van der Waals surface area contributed by atoms with Crippen LogP contribution < -0.4 is 10.6 Å². The van der Waals surface area contributed by atoms with Crippen molar-refractivity contribution in [3.63, 3.8) is 0 Å². The van der Waals surface area contributed by atoms with Crippen LogP contribution in [0.25, 0.3) is 6.08 Å². The van der Waals surface area contributed by atoms with Crippen molar-refractivity contribution in [3.05, 3.63) is 81.8 Å². The van der Waals surface area contributed by atoms with Crippen LogP contribution in [-0.4, -0.2) is 16.8 Å². The molecule has 0 saturated heterocycles. The third-order valence-corrected chi connectivity index (χ3v) is 5.11. The first-order chi connectivity index (χ1) is 13.5. The number of hydrogen-bond donors (Lipinski definition) is 2. The summed E-state index contributed by atoms with van der Waals surface area (Å²) in [4.78, 5) is 28.5. The van der Waals surface area contributed by atoms with Gasteiger partial charge in [0.2, 0.25) is 11.8 Å². The molecule has 142 valence electrons. The normalized spacial score (nSPS) is 10.8. The van der Waals surface area contributed by atoms with Crippen LogP contribution in [0.4, 0.5) is 10.8 Å². The summed E-state index contributed by atoms with van der Waals surface area (Å²) in [6, 6.07) is 14.9. The van der Waals surface area contributed by atoms with Crippen molar-refractivity contribution in [2.45, 2.75) is 13.3 Å². The van der Waals surface area contributed by atoms with E-state index in [1.807, 2.05) is 37.3 Å². The van der Waals surface area contributed by atoms with Gasteiger partial charge in [-0.05, 0) is 36.3 Å². The lowest BCUT2D eigenvalue weighted by atomic mass is 10.2. The zero-order chi connectivity index (χ0) is 19.9. The molecule has 0 aliphatic heterocycles. The maximum Gasteiger partial charge on any atom is 0.250 e. The molecule has 0 bridgehead atoms. The Kier molecular flexibility index (Phi) is 6.57. The molecule has 0 saturated carbocycles. The highest BCUT2D eigenvalue weighted by atomic mass is 35.5. The van der Waals surface area contributed by atoms with E-state index < -0.39 is 0 Å². The first-order valence-electron chi connectivity index (χ1n) is 8.55. The first kappa shape index (κ1) is 19.8. The molecule has 0 unspecified atom stereocenters. The van der Waals surface area contributed by atoms with Gasteiger partial charge in [-0.25, -0.2) is 4.98 Å². The minimum Gasteiger partial charge on any atom is -0.325 e. The predicted octanol–water partition coefficient (Wildman–Crippen LogP) is 4.94. The van der Waals surface area contributed by atoms with Crippen molar-refractivity contribution in [2.75, 3.05) is 10.6 Å². The third kappa shape index (κ3) is 5.52. The predicted molar refractivity (Wildman–Crippen MR) is 115 cm³/mol. The van der Waals surface area contributed by atoms with Gasteiger partial charge in [-0.3, -0.25) is 14.9 Å². The summed E-state index contributed by atoms with van der Waals surface area (Å²) in [7, 11) is 0. The van der Waals surface area contributed by atoms with Gasteiger partial charge in [-0.15, -0.1) is 11.3 Å². The molecule has 1 aromatic heterocycles. The van der Waals surface area contributed by atoms with Crippen LogP contribution in [0.3, 0.4) is 0 Å². The van der Waals surface area contributed by atoms with Gasteiger partial charge in [0.15, 0.2) is 5.13 Å². The lowest BCUT2D eigenvalue weighted by Gasteiger charge is -2.08. The molecule has 2 amide bonds. The highest BCUT2D eigenvalue weighted by molar-refractivity contribution is 7.14. The smallest absolute Gasteiger partial charge is 0.250 e. The molecule has 7 heteroatoms. The lowest BCUT2D eigenvalue weighted by molar-refractivity contribution is -0.115. The molecule has 2 aromatic carbocycles. The Balaban J connectivity index is 1.55. The number of carbonyl (C=O) groups is 2. The molecule has 3 rings (SSSR count). The average molecular weight is 412 g/mol. The van der Waals surface area contributed by atoms with Crippen molar-refractivity contribution in [2.24, 2.45) is 0 Å². The molecular formula is C21H18ClN3O2S. The monoisotopic (exact) mass is 411 g/mol. The van der Waals surface area contributed by atoms with Crippen molar-refractivity contribution < 1.29 is 9.59 Å². The highest BCUT2D eigenvalue weighted by Gasteiger charge is 2.11. The van der Waals surface area contributed by atoms with Crippen molar-refractivity contribution in [3.8, 4) is 0 Å². The Bertz CT molecular complexity index is 1020. The maximum absolute atomic E-state index is 12.2. The zero-order valence-electron chi connectivity index (χ0n) is 15.1. The SMILES string of the molecule is Cc1c(Cl)cccc1NC(=O)Cc1csc(NC(=O)C=Cc2ccccc2)n1. The summed E-state index contributed by atoms with van der Waals surface area (Å²) < 4.78 is 0. The minimum absolute atomic E-state index is 0.109. The molecule has 0 atom stereocenters. The number of carbonyl (C=O) groups excluding carboxylic acids is 2. The number of anilines is 2. The molecule has 28 heavy (non-hydrogen) atoms. The Morgan fingerprint density at radius 2 is 1.89 bits per heavy atom. The van der Waals surface area contributed by atoms with Gasteiger partial charge >= 0.3 is 0 Å². The molecule has 0 fully saturated rings. The van der Waals surface area contributed by atoms with Crippen LogP contribution in [0.5, 0.6) is 0 Å². The fourth-order valence-electron chi connectivity index (χ4n) is 2.43. The van der Waals surface area contributed by atoms with Gasteiger partial charge in [0.1, 0.15) is 0 Å². The van der Waals surface area contributed by atoms with Crippen LogP contribution in [0.1, 0.15) is 16.8 Å². The molecular weight excluding hydrogens is 394 g/mol. The van der Waals surface area contributed by atoms with E-state index >= 15 is 0 Å². The van der Waals surface area contributed by atoms with Crippen LogP contribution in [-0.2, 0) is 16.0 Å². The number of amides is 2. The van der Waals surface area contributed by atoms with E-state index in [1.54, 1.807) is 29.7 Å². The van der Waals surface area contributed by atoms with E-state index in [2.05, 4.69) is 15.6 Å². The standard InChI is InChI=1S/C21H18ClN3O2S/c1-14-17(22)8-5-9-18(14)24-20(27)12-16-13-28-21(23-16)25-19(26)11-10-15-6-3-2-4-7-15/h2-11,13H,12H2,1H3,(H,24,27)(H,23,25,26). The second kappa shape index (κ2) is 9.30. The maximum atomic E-state index is 12.2. The van der Waals surface area contributed by atoms with Crippen LogP contribution >= 0.6 is 22.9 Å². The van der Waals surface area contributed by atoms with E-state index in [4.69, 9.17) is 11.6 Å². The van der Waals surface area contributed by atoms with E-state index in [-0.39, 0.29) is 18.2 Å². The van der Waals surface area contributed by atoms with Gasteiger partial charge in [-0.2, -0.15) is 0 Å². The molecule has 5 nitrogen and oxygen atoms in total. The van der Waals surface area contributed by atoms with E-state index in [1.165, 1.54) is 17.4 Å². The number of rotatable bonds is 6. The first-order valence-corrected chi connectivity index (χ1v) is 9.80. The van der Waals surface area contributed by atoms with Crippen LogP contribution in [0.2, 0.25) is 5.02 Å². The van der Waals surface area contributed by atoms with Crippen molar-refractivity contribution >= 4 is 51.6 Å². The highest BCUT2D eigenvalue weighted by Crippen LogP contribution is 2.23. The van der Waals surface area contributed by atoms with Gasteiger partial charge in [0.25, 0.3) is 0 Å². The minimum atomic E-state index is -0.274. The topological polar surface area (TPSA) is 71.1 Å². The average Bonchev–Trinajstić information content (AvgIpc) is 3.11. The second-order valence-electron chi connectivity index (χ2n) is 6.01. The summed E-state index contributed by atoms with van der Waals surface area (Å²) in [5.41, 5.74) is 3.01. The van der Waals surface area contributed by atoms with Crippen LogP contribution in [0, 0.1) is 6.92 Å². The molecule has 0 spiro atoms. The molecule has 0 aliphatic rings. The number of halogens is 1. The van der Waals surface area contributed by atoms with E-state index in [0.29, 0.717) is 21.5 Å². The van der Waals surface area contributed by atoms with Gasteiger partial charge < -0.3 is 5.32 Å². The Morgan fingerprint density at radius 1 is 1.11 bits per heavy atom. The molecule has 2 N–H and O–H groups in total. The lowest BCUT2D eigenvalue weighted by Crippen LogP contribution is -2.15. The summed E-state index contributed by atoms with van der Waals surface area (Å²) >= 11 is 7.34. The van der Waals surface area contributed by atoms with Gasteiger partial charge in [-0.1, -0.05) is 48.0 Å². The second-order valence-corrected chi connectivity index (χ2v) is 7.28. The number of nitrogens with zero attached hydrogens (tertiary/aromatic N) is 1. The van der Waals surface area contributed by atoms with E-state index in [9.17, 15) is 9.59 Å². The molecule has 0 radical (unpaired) electrons. The fourth-order valence-corrected chi connectivity index (χ4v) is 3.32. The number of benzene rings is 2. The molecule has 1 heterocycles. The Labute approximate surface area is 172 Å². The number of aromatic nitrogens is 1. The van der Waals surface area contributed by atoms with Crippen molar-refractivity contribution in [1.29, 1.82) is 0 Å². The molecule has 3 aromatic rings. The largest absolute Gasteiger partial charge is 0.325 e. The number of thiazole rings is 1. The number of nitrogens with one attached hydrogen (secondary N) is 2. The third-order valence-electron chi connectivity index (χ3n) is 3.89. The van der Waals surface area contributed by atoms with Gasteiger partial charge in [0, 0.05) is 22.2 Å². The summed E-state index contributed by atoms with van der Waals surface area (Å²) in [6.07, 6.45) is 3.29. The quantitative estimate of drug-likeness (QED) is 0.564. The summed E-state index contributed by atoms with van der Waals surface area (Å²) in [6.45, 7) is 1.84. The Morgan fingerprint density at radius 3 is 2.68 bits per heavy atom.